The van der Waals surface area contributed by atoms with E-state index >= 15 is 0 Å². The third-order valence-electron chi connectivity index (χ3n) is 8.32. The third-order valence-corrected chi connectivity index (χ3v) is 8.32. The molecule has 6 aromatic carbocycles. The number of hydrogen-bond donors (Lipinski definition) is 0. The van der Waals surface area contributed by atoms with E-state index in [0.29, 0.717) is 0 Å². The van der Waals surface area contributed by atoms with E-state index < -0.39 is 0 Å². The molecule has 41 heavy (non-hydrogen) atoms. The van der Waals surface area contributed by atoms with Gasteiger partial charge in [0.15, 0.2) is 0 Å². The van der Waals surface area contributed by atoms with Crippen LogP contribution in [-0.4, -0.2) is 9.13 Å². The Bertz CT molecular complexity index is 2370. The van der Waals surface area contributed by atoms with Crippen molar-refractivity contribution in [2.45, 2.75) is 0 Å². The Kier molecular flexibility index (Phi) is 4.61. The molecule has 0 amide bonds. The smallest absolute Gasteiger partial charge is 0.213 e. The molecule has 3 nitrogen and oxygen atoms in total. The lowest BCUT2D eigenvalue weighted by molar-refractivity contribution is 0.645. The van der Waals surface area contributed by atoms with Crippen molar-refractivity contribution >= 4 is 54.8 Å². The second-order valence-electron chi connectivity index (χ2n) is 10.6. The molecule has 0 radical (unpaired) electrons. The minimum absolute atomic E-state index is 0.878. The minimum atomic E-state index is 0.878. The van der Waals surface area contributed by atoms with Crippen molar-refractivity contribution < 1.29 is 4.42 Å². The van der Waals surface area contributed by atoms with Gasteiger partial charge in [-0.2, -0.15) is 0 Å². The predicted octanol–water partition coefficient (Wildman–Crippen LogP) is 10.3. The van der Waals surface area contributed by atoms with E-state index in [0.717, 1.165) is 39.0 Å². The Morgan fingerprint density at radius 2 is 1.02 bits per heavy atom. The first-order valence-corrected chi connectivity index (χ1v) is 14.0. The van der Waals surface area contributed by atoms with Gasteiger partial charge in [0.2, 0.25) is 5.71 Å². The Morgan fingerprint density at radius 1 is 0.390 bits per heavy atom. The molecule has 3 aromatic heterocycles. The van der Waals surface area contributed by atoms with Gasteiger partial charge in [0, 0.05) is 32.9 Å². The van der Waals surface area contributed by atoms with Crippen LogP contribution >= 0.6 is 0 Å². The first-order valence-electron chi connectivity index (χ1n) is 14.0. The molecule has 3 heterocycles. The fourth-order valence-corrected chi connectivity index (χ4v) is 6.53. The highest BCUT2D eigenvalue weighted by Crippen LogP contribution is 2.41. The Balaban J connectivity index is 1.29. The zero-order valence-electron chi connectivity index (χ0n) is 22.2. The fourth-order valence-electron chi connectivity index (χ4n) is 6.53. The van der Waals surface area contributed by atoms with Gasteiger partial charge in [0.25, 0.3) is 0 Å². The summed E-state index contributed by atoms with van der Waals surface area (Å²) in [6, 6.07) is 51.8. The van der Waals surface area contributed by atoms with Crippen LogP contribution in [0.5, 0.6) is 0 Å². The number of para-hydroxylation sites is 4. The van der Waals surface area contributed by atoms with Crippen LogP contribution in [0.25, 0.3) is 77.3 Å². The number of fused-ring (bicyclic) bond motifs is 8. The quantitative estimate of drug-likeness (QED) is 0.225. The van der Waals surface area contributed by atoms with Gasteiger partial charge in [-0.25, -0.2) is 0 Å². The van der Waals surface area contributed by atoms with Crippen LogP contribution < -0.4 is 0 Å². The Labute approximate surface area is 236 Å². The highest BCUT2D eigenvalue weighted by Gasteiger charge is 2.20. The monoisotopic (exact) mass is 524 g/mol. The van der Waals surface area contributed by atoms with Crippen molar-refractivity contribution in [1.29, 1.82) is 0 Å². The second kappa shape index (κ2) is 8.48. The second-order valence-corrected chi connectivity index (χ2v) is 10.6. The van der Waals surface area contributed by atoms with Crippen LogP contribution in [0.2, 0.25) is 0 Å². The molecule has 0 aliphatic heterocycles. The van der Waals surface area contributed by atoms with Crippen molar-refractivity contribution in [3.63, 3.8) is 0 Å². The topological polar surface area (TPSA) is 23.0 Å². The summed E-state index contributed by atoms with van der Waals surface area (Å²) in [6.07, 6.45) is 0. The van der Waals surface area contributed by atoms with Crippen LogP contribution in [-0.2, 0) is 0 Å². The van der Waals surface area contributed by atoms with Gasteiger partial charge in [0.1, 0.15) is 5.58 Å². The van der Waals surface area contributed by atoms with Crippen molar-refractivity contribution in [3.8, 4) is 22.5 Å². The van der Waals surface area contributed by atoms with E-state index in [1.54, 1.807) is 0 Å². The molecule has 0 atom stereocenters. The standard InChI is InChI=1S/C38H24N2O/c1-2-12-27(13-3-1)40-35-24-26(21-22-31(35)37-32-17-6-9-20-36(32)41-38(37)40)25-11-10-14-28(23-25)39-33-18-7-4-15-29(33)30-16-5-8-19-34(30)39/h1-24H. The molecule has 0 spiro atoms. The third kappa shape index (κ3) is 3.20. The lowest BCUT2D eigenvalue weighted by Crippen LogP contribution is -1.95. The van der Waals surface area contributed by atoms with Gasteiger partial charge >= 0.3 is 0 Å². The number of benzene rings is 6. The summed E-state index contributed by atoms with van der Waals surface area (Å²) in [5, 5.41) is 6.03. The van der Waals surface area contributed by atoms with E-state index in [9.17, 15) is 0 Å². The number of rotatable bonds is 3. The maximum absolute atomic E-state index is 6.48. The molecule has 0 aliphatic carbocycles. The summed E-state index contributed by atoms with van der Waals surface area (Å²) in [4.78, 5) is 0. The summed E-state index contributed by atoms with van der Waals surface area (Å²) >= 11 is 0. The lowest BCUT2D eigenvalue weighted by Gasteiger charge is -2.11. The summed E-state index contributed by atoms with van der Waals surface area (Å²) in [5.41, 5.74) is 9.93. The molecule has 3 heteroatoms. The highest BCUT2D eigenvalue weighted by molar-refractivity contribution is 6.20. The van der Waals surface area contributed by atoms with Gasteiger partial charge in [-0.05, 0) is 59.7 Å². The molecule has 192 valence electrons. The van der Waals surface area contributed by atoms with E-state index in [4.69, 9.17) is 4.42 Å². The lowest BCUT2D eigenvalue weighted by atomic mass is 10.0. The van der Waals surface area contributed by atoms with Crippen molar-refractivity contribution in [2.75, 3.05) is 0 Å². The summed E-state index contributed by atoms with van der Waals surface area (Å²) in [7, 11) is 0. The molecular formula is C38H24N2O. The molecule has 9 aromatic rings. The molecule has 0 saturated carbocycles. The van der Waals surface area contributed by atoms with Gasteiger partial charge in [-0.1, -0.05) is 97.1 Å². The molecule has 9 rings (SSSR count). The van der Waals surface area contributed by atoms with Gasteiger partial charge in [-0.15, -0.1) is 0 Å². The molecule has 0 aliphatic rings. The SMILES string of the molecule is c1ccc(-n2c3cc(-c4cccc(-n5c6ccccc6c6ccccc65)c4)ccc3c3c4ccccc4oc32)cc1. The van der Waals surface area contributed by atoms with Crippen LogP contribution in [0, 0.1) is 0 Å². The van der Waals surface area contributed by atoms with Crippen molar-refractivity contribution in [2.24, 2.45) is 0 Å². The molecular weight excluding hydrogens is 500 g/mol. The van der Waals surface area contributed by atoms with Crippen molar-refractivity contribution in [1.82, 2.24) is 9.13 Å². The number of hydrogen-bond acceptors (Lipinski definition) is 1. The Morgan fingerprint density at radius 3 is 1.80 bits per heavy atom. The molecule has 0 fully saturated rings. The van der Waals surface area contributed by atoms with Crippen LogP contribution in [0.4, 0.5) is 0 Å². The largest absolute Gasteiger partial charge is 0.439 e. The minimum Gasteiger partial charge on any atom is -0.439 e. The average Bonchev–Trinajstić information content (AvgIpc) is 3.68. The zero-order valence-corrected chi connectivity index (χ0v) is 22.2. The molecule has 0 saturated heterocycles. The number of nitrogens with zero attached hydrogens (tertiary/aromatic N) is 2. The van der Waals surface area contributed by atoms with E-state index in [2.05, 4.69) is 143 Å². The summed E-state index contributed by atoms with van der Waals surface area (Å²) in [5.74, 6) is 0. The number of furan rings is 1. The molecule has 0 bridgehead atoms. The fraction of sp³-hybridized carbons (Fsp3) is 0. The van der Waals surface area contributed by atoms with Crippen molar-refractivity contribution in [3.05, 3.63) is 146 Å². The van der Waals surface area contributed by atoms with E-state index in [1.165, 1.54) is 38.3 Å². The Hall–Kier alpha value is -5.54. The van der Waals surface area contributed by atoms with Gasteiger partial charge < -0.3 is 8.98 Å². The van der Waals surface area contributed by atoms with Gasteiger partial charge in [0.05, 0.1) is 21.9 Å². The normalized spacial score (nSPS) is 11.9. The maximum Gasteiger partial charge on any atom is 0.213 e. The summed E-state index contributed by atoms with van der Waals surface area (Å²) in [6.45, 7) is 0. The van der Waals surface area contributed by atoms with Crippen LogP contribution in [0.1, 0.15) is 0 Å². The van der Waals surface area contributed by atoms with E-state index in [1.807, 2.05) is 12.1 Å². The molecule has 0 unspecified atom stereocenters. The molecule has 0 N–H and O–H groups in total. The predicted molar refractivity (Wildman–Crippen MR) is 170 cm³/mol. The summed E-state index contributed by atoms with van der Waals surface area (Å²) < 4.78 is 11.1. The highest BCUT2D eigenvalue weighted by atomic mass is 16.3. The zero-order chi connectivity index (χ0) is 26.9. The first-order chi connectivity index (χ1) is 20.3. The van der Waals surface area contributed by atoms with E-state index in [-0.39, 0.29) is 0 Å². The van der Waals surface area contributed by atoms with Gasteiger partial charge in [-0.3, -0.25) is 4.57 Å². The van der Waals surface area contributed by atoms with Crippen LogP contribution in [0.3, 0.4) is 0 Å². The average molecular weight is 525 g/mol. The van der Waals surface area contributed by atoms with Crippen LogP contribution in [0.15, 0.2) is 150 Å². The maximum atomic E-state index is 6.48. The first kappa shape index (κ1) is 22.3. The number of aromatic nitrogens is 2.